The number of nitrogens with one attached hydrogen (secondary N) is 1. The minimum absolute atomic E-state index is 0.457. The molecule has 2 aromatic rings. The largest absolute Gasteiger partial charge is 0.477 e. The van der Waals surface area contributed by atoms with E-state index in [1.165, 1.54) is 11.3 Å². The van der Waals surface area contributed by atoms with E-state index in [4.69, 9.17) is 0 Å². The maximum atomic E-state index is 11.3. The van der Waals surface area contributed by atoms with Crippen molar-refractivity contribution in [1.29, 1.82) is 0 Å². The van der Waals surface area contributed by atoms with Crippen molar-refractivity contribution in [1.82, 2.24) is 5.32 Å². The predicted molar refractivity (Wildman–Crippen MR) is 79.9 cm³/mol. The van der Waals surface area contributed by atoms with Gasteiger partial charge >= 0.3 is 5.97 Å². The van der Waals surface area contributed by atoms with Crippen molar-refractivity contribution in [3.05, 3.63) is 34.7 Å². The molecule has 0 radical (unpaired) electrons. The molecule has 0 unspecified atom stereocenters. The molecule has 0 spiro atoms. The summed E-state index contributed by atoms with van der Waals surface area (Å²) < 4.78 is 1.04. The first kappa shape index (κ1) is 14.0. The number of carboxylic acid groups (broad SMARTS) is 1. The number of hydrogen-bond donors (Lipinski definition) is 2. The average Bonchev–Trinajstić information content (AvgIpc) is 2.73. The van der Waals surface area contributed by atoms with Gasteiger partial charge in [-0.3, -0.25) is 0 Å². The molecule has 0 atom stereocenters. The van der Waals surface area contributed by atoms with Crippen molar-refractivity contribution in [3.63, 3.8) is 0 Å². The first-order valence-electron chi connectivity index (χ1n) is 6.54. The van der Waals surface area contributed by atoms with Crippen LogP contribution in [0.3, 0.4) is 0 Å². The van der Waals surface area contributed by atoms with Gasteiger partial charge in [-0.15, -0.1) is 11.3 Å². The van der Waals surface area contributed by atoms with Gasteiger partial charge in [0.1, 0.15) is 4.88 Å². The van der Waals surface area contributed by atoms with Crippen molar-refractivity contribution >= 4 is 27.4 Å². The lowest BCUT2D eigenvalue weighted by atomic mass is 10.1. The zero-order valence-electron chi connectivity index (χ0n) is 11.3. The Hall–Kier alpha value is -1.39. The number of carboxylic acids is 1. The van der Waals surface area contributed by atoms with Gasteiger partial charge in [0.2, 0.25) is 0 Å². The third kappa shape index (κ3) is 3.33. The first-order chi connectivity index (χ1) is 9.09. The Morgan fingerprint density at radius 3 is 2.79 bits per heavy atom. The fourth-order valence-electron chi connectivity index (χ4n) is 2.05. The number of hydrogen-bond acceptors (Lipinski definition) is 3. The topological polar surface area (TPSA) is 49.3 Å². The quantitative estimate of drug-likeness (QED) is 0.791. The van der Waals surface area contributed by atoms with Crippen LogP contribution in [0.4, 0.5) is 0 Å². The molecule has 0 saturated heterocycles. The van der Waals surface area contributed by atoms with E-state index in [1.54, 1.807) is 0 Å². The smallest absolute Gasteiger partial charge is 0.346 e. The highest BCUT2D eigenvalue weighted by molar-refractivity contribution is 7.21. The molecule has 0 amide bonds. The summed E-state index contributed by atoms with van der Waals surface area (Å²) in [5.74, 6) is -0.174. The summed E-state index contributed by atoms with van der Waals surface area (Å²) in [5.41, 5.74) is 0.914. The van der Waals surface area contributed by atoms with Crippen molar-refractivity contribution in [2.45, 2.75) is 26.8 Å². The number of rotatable bonds is 6. The first-order valence-corrected chi connectivity index (χ1v) is 7.35. The molecule has 4 heteroatoms. The Labute approximate surface area is 117 Å². The van der Waals surface area contributed by atoms with Crippen molar-refractivity contribution in [2.75, 3.05) is 6.54 Å². The summed E-state index contributed by atoms with van der Waals surface area (Å²) in [6.45, 7) is 5.91. The molecule has 1 aromatic heterocycles. The van der Waals surface area contributed by atoms with Crippen LogP contribution >= 0.6 is 11.3 Å². The third-order valence-corrected chi connectivity index (χ3v) is 4.29. The van der Waals surface area contributed by atoms with E-state index in [-0.39, 0.29) is 0 Å². The SMILES string of the molecule is CC(C)CCNCc1c(C(=O)O)sc2ccccc12. The highest BCUT2D eigenvalue weighted by Gasteiger charge is 2.16. The summed E-state index contributed by atoms with van der Waals surface area (Å²) in [6.07, 6.45) is 1.10. The Morgan fingerprint density at radius 1 is 1.37 bits per heavy atom. The summed E-state index contributed by atoms with van der Waals surface area (Å²) in [4.78, 5) is 11.8. The van der Waals surface area contributed by atoms with Crippen molar-refractivity contribution in [2.24, 2.45) is 5.92 Å². The van der Waals surface area contributed by atoms with E-state index in [2.05, 4.69) is 19.2 Å². The maximum Gasteiger partial charge on any atom is 0.346 e. The summed E-state index contributed by atoms with van der Waals surface area (Å²) in [5, 5.41) is 13.7. The van der Waals surface area contributed by atoms with E-state index in [1.807, 2.05) is 24.3 Å². The molecule has 1 aromatic carbocycles. The Kier molecular flexibility index (Phi) is 4.56. The molecule has 0 aliphatic heterocycles. The van der Waals surface area contributed by atoms with E-state index in [0.29, 0.717) is 17.3 Å². The fourth-order valence-corrected chi connectivity index (χ4v) is 3.11. The van der Waals surface area contributed by atoms with Crippen LogP contribution < -0.4 is 5.32 Å². The highest BCUT2D eigenvalue weighted by Crippen LogP contribution is 2.31. The summed E-state index contributed by atoms with van der Waals surface area (Å²) in [6, 6.07) is 7.88. The van der Waals surface area contributed by atoms with Gasteiger partial charge in [0, 0.05) is 11.2 Å². The molecule has 0 fully saturated rings. The molecule has 0 aliphatic carbocycles. The second-order valence-corrected chi connectivity index (χ2v) is 6.12. The molecule has 3 nitrogen and oxygen atoms in total. The van der Waals surface area contributed by atoms with E-state index < -0.39 is 5.97 Å². The molecule has 2 N–H and O–H groups in total. The van der Waals surface area contributed by atoms with Crippen LogP contribution in [0.1, 0.15) is 35.5 Å². The second-order valence-electron chi connectivity index (χ2n) is 5.07. The van der Waals surface area contributed by atoms with Gasteiger partial charge in [-0.1, -0.05) is 32.0 Å². The average molecular weight is 277 g/mol. The zero-order valence-corrected chi connectivity index (χ0v) is 12.1. The van der Waals surface area contributed by atoms with Gasteiger partial charge in [0.15, 0.2) is 0 Å². The number of benzene rings is 1. The molecule has 19 heavy (non-hydrogen) atoms. The lowest BCUT2D eigenvalue weighted by Gasteiger charge is -2.07. The van der Waals surface area contributed by atoms with E-state index >= 15 is 0 Å². The zero-order chi connectivity index (χ0) is 13.8. The standard InChI is InChI=1S/C15H19NO2S/c1-10(2)7-8-16-9-12-11-5-3-4-6-13(11)19-14(12)15(17)18/h3-6,10,16H,7-9H2,1-2H3,(H,17,18). The van der Waals surface area contributed by atoms with Gasteiger partial charge in [-0.2, -0.15) is 0 Å². The van der Waals surface area contributed by atoms with E-state index in [9.17, 15) is 9.90 Å². The number of fused-ring (bicyclic) bond motifs is 1. The fraction of sp³-hybridized carbons (Fsp3) is 0.400. The lowest BCUT2D eigenvalue weighted by molar-refractivity contribution is 0.0701. The van der Waals surface area contributed by atoms with Gasteiger partial charge < -0.3 is 10.4 Å². The van der Waals surface area contributed by atoms with Crippen LogP contribution in [0, 0.1) is 5.92 Å². The number of thiophene rings is 1. The van der Waals surface area contributed by atoms with E-state index in [0.717, 1.165) is 28.6 Å². The normalized spacial score (nSPS) is 11.3. The molecule has 102 valence electrons. The summed E-state index contributed by atoms with van der Waals surface area (Å²) in [7, 11) is 0. The van der Waals surface area contributed by atoms with Crippen LogP contribution in [0.2, 0.25) is 0 Å². The summed E-state index contributed by atoms with van der Waals surface area (Å²) >= 11 is 1.36. The predicted octanol–water partition coefficient (Wildman–Crippen LogP) is 3.74. The monoisotopic (exact) mass is 277 g/mol. The van der Waals surface area contributed by atoms with Crippen LogP contribution in [0.15, 0.2) is 24.3 Å². The lowest BCUT2D eigenvalue weighted by Crippen LogP contribution is -2.17. The highest BCUT2D eigenvalue weighted by atomic mass is 32.1. The van der Waals surface area contributed by atoms with Gasteiger partial charge in [-0.05, 0) is 35.9 Å². The van der Waals surface area contributed by atoms with Gasteiger partial charge in [0.25, 0.3) is 0 Å². The maximum absolute atomic E-state index is 11.3. The molecular weight excluding hydrogens is 258 g/mol. The minimum atomic E-state index is -0.832. The molecule has 0 bridgehead atoms. The Bertz CT molecular complexity index is 575. The molecule has 0 saturated carbocycles. The van der Waals surface area contributed by atoms with Gasteiger partial charge in [0.05, 0.1) is 0 Å². The van der Waals surface area contributed by atoms with Crippen LogP contribution in [-0.2, 0) is 6.54 Å². The molecule has 1 heterocycles. The third-order valence-electron chi connectivity index (χ3n) is 3.09. The Balaban J connectivity index is 2.19. The molecule has 2 rings (SSSR count). The molecule has 0 aliphatic rings. The Morgan fingerprint density at radius 2 is 2.11 bits per heavy atom. The second kappa shape index (κ2) is 6.17. The molecular formula is C15H19NO2S. The van der Waals surface area contributed by atoms with Crippen molar-refractivity contribution < 1.29 is 9.90 Å². The van der Waals surface area contributed by atoms with Crippen LogP contribution in [-0.4, -0.2) is 17.6 Å². The van der Waals surface area contributed by atoms with Gasteiger partial charge in [-0.25, -0.2) is 4.79 Å². The van der Waals surface area contributed by atoms with Crippen LogP contribution in [0.5, 0.6) is 0 Å². The number of carbonyl (C=O) groups is 1. The number of aromatic carboxylic acids is 1. The van der Waals surface area contributed by atoms with Crippen LogP contribution in [0.25, 0.3) is 10.1 Å². The van der Waals surface area contributed by atoms with Crippen molar-refractivity contribution in [3.8, 4) is 0 Å². The minimum Gasteiger partial charge on any atom is -0.477 e.